The summed E-state index contributed by atoms with van der Waals surface area (Å²) in [5, 5.41) is 3.28. The highest BCUT2D eigenvalue weighted by Crippen LogP contribution is 2.04. The van der Waals surface area contributed by atoms with E-state index in [1.165, 1.54) is 6.07 Å². The summed E-state index contributed by atoms with van der Waals surface area (Å²) < 4.78 is 13.1. The first-order valence-electron chi connectivity index (χ1n) is 7.52. The Morgan fingerprint density at radius 3 is 2.86 bits per heavy atom. The van der Waals surface area contributed by atoms with E-state index in [1.54, 1.807) is 12.1 Å². The summed E-state index contributed by atoms with van der Waals surface area (Å²) in [6.07, 6.45) is 4.75. The molecular weight excluding hydrogens is 392 g/mol. The number of unbranched alkanes of at least 4 members (excludes halogenated alkanes) is 1. The second-order valence-electron chi connectivity index (χ2n) is 4.97. The van der Waals surface area contributed by atoms with Crippen LogP contribution in [0.3, 0.4) is 0 Å². The number of benzene rings is 1. The van der Waals surface area contributed by atoms with Crippen molar-refractivity contribution in [2.75, 3.05) is 26.7 Å². The van der Waals surface area contributed by atoms with Crippen LogP contribution in [0.4, 0.5) is 4.39 Å². The minimum atomic E-state index is -0.190. The number of hydrogen-bond donors (Lipinski definition) is 1. The van der Waals surface area contributed by atoms with Crippen LogP contribution in [0.5, 0.6) is 0 Å². The van der Waals surface area contributed by atoms with E-state index in [4.69, 9.17) is 0 Å². The summed E-state index contributed by atoms with van der Waals surface area (Å²) in [5.74, 6) is 0.711. The predicted octanol–water partition coefficient (Wildman–Crippen LogP) is 3.85. The van der Waals surface area contributed by atoms with Gasteiger partial charge in [0.05, 0.1) is 0 Å². The average Bonchev–Trinajstić information content (AvgIpc) is 2.46. The van der Waals surface area contributed by atoms with Crippen molar-refractivity contribution in [3.05, 3.63) is 48.3 Å². The number of halogens is 2. The fourth-order valence-electron chi connectivity index (χ4n) is 2.03. The maximum atomic E-state index is 13.1. The van der Waals surface area contributed by atoms with Gasteiger partial charge in [-0.15, -0.1) is 30.6 Å². The molecule has 0 spiro atoms. The Morgan fingerprint density at radius 2 is 2.23 bits per heavy atom. The Bertz CT molecular complexity index is 463. The van der Waals surface area contributed by atoms with E-state index in [9.17, 15) is 4.39 Å². The van der Waals surface area contributed by atoms with Gasteiger partial charge in [-0.1, -0.05) is 18.2 Å². The number of hydrogen-bond acceptors (Lipinski definition) is 1. The SMILES string of the molecule is C=CCCCN(C)C(=NCCc1cccc(F)c1)NCC.I. The molecule has 0 bridgehead atoms. The second-order valence-corrected chi connectivity index (χ2v) is 4.97. The van der Waals surface area contributed by atoms with E-state index in [1.807, 2.05) is 19.2 Å². The topological polar surface area (TPSA) is 27.6 Å². The third-order valence-electron chi connectivity index (χ3n) is 3.15. The summed E-state index contributed by atoms with van der Waals surface area (Å²) in [6.45, 7) is 8.22. The van der Waals surface area contributed by atoms with Gasteiger partial charge in [0.2, 0.25) is 0 Å². The number of nitrogens with zero attached hydrogens (tertiary/aromatic N) is 2. The van der Waals surface area contributed by atoms with Crippen molar-refractivity contribution in [2.24, 2.45) is 4.99 Å². The molecule has 0 saturated heterocycles. The van der Waals surface area contributed by atoms with E-state index >= 15 is 0 Å². The van der Waals surface area contributed by atoms with Gasteiger partial charge in [0.25, 0.3) is 0 Å². The zero-order valence-electron chi connectivity index (χ0n) is 13.5. The molecule has 0 atom stereocenters. The number of nitrogens with one attached hydrogen (secondary N) is 1. The summed E-state index contributed by atoms with van der Waals surface area (Å²) in [5.41, 5.74) is 0.976. The molecule has 0 fully saturated rings. The normalized spacial score (nSPS) is 10.8. The molecule has 0 aliphatic carbocycles. The summed E-state index contributed by atoms with van der Waals surface area (Å²) >= 11 is 0. The van der Waals surface area contributed by atoms with Gasteiger partial charge in [0, 0.05) is 26.7 Å². The van der Waals surface area contributed by atoms with Gasteiger partial charge >= 0.3 is 0 Å². The minimum Gasteiger partial charge on any atom is -0.357 e. The molecule has 0 aliphatic rings. The lowest BCUT2D eigenvalue weighted by Crippen LogP contribution is -2.39. The van der Waals surface area contributed by atoms with Gasteiger partial charge in [0.1, 0.15) is 5.82 Å². The highest BCUT2D eigenvalue weighted by atomic mass is 127. The number of allylic oxidation sites excluding steroid dienone is 1. The maximum Gasteiger partial charge on any atom is 0.193 e. The highest BCUT2D eigenvalue weighted by molar-refractivity contribution is 14.0. The first-order chi connectivity index (χ1) is 10.2. The van der Waals surface area contributed by atoms with Gasteiger partial charge in [-0.2, -0.15) is 0 Å². The van der Waals surface area contributed by atoms with Crippen LogP contribution >= 0.6 is 24.0 Å². The fourth-order valence-corrected chi connectivity index (χ4v) is 2.03. The summed E-state index contributed by atoms with van der Waals surface area (Å²) in [7, 11) is 2.03. The zero-order valence-corrected chi connectivity index (χ0v) is 15.8. The van der Waals surface area contributed by atoms with Gasteiger partial charge in [-0.25, -0.2) is 4.39 Å². The maximum absolute atomic E-state index is 13.1. The molecule has 0 aromatic heterocycles. The van der Waals surface area contributed by atoms with Crippen molar-refractivity contribution in [3.63, 3.8) is 0 Å². The molecular formula is C17H27FIN3. The standard InChI is InChI=1S/C17H26FN3.HI/c1-4-6-7-13-21(3)17(19-5-2)20-12-11-15-9-8-10-16(18)14-15;/h4,8-10,14H,1,5-7,11-13H2,2-3H3,(H,19,20);1H. The molecule has 1 aromatic rings. The van der Waals surface area contributed by atoms with Crippen LogP contribution < -0.4 is 5.32 Å². The van der Waals surface area contributed by atoms with Crippen LogP contribution in [0.25, 0.3) is 0 Å². The number of guanidine groups is 1. The molecule has 3 nitrogen and oxygen atoms in total. The summed E-state index contributed by atoms with van der Waals surface area (Å²) in [6, 6.07) is 6.70. The smallest absolute Gasteiger partial charge is 0.193 e. The highest BCUT2D eigenvalue weighted by Gasteiger charge is 2.04. The Kier molecular flexibility index (Phi) is 11.8. The Morgan fingerprint density at radius 1 is 1.45 bits per heavy atom. The second kappa shape index (κ2) is 12.4. The van der Waals surface area contributed by atoms with E-state index in [0.29, 0.717) is 6.54 Å². The lowest BCUT2D eigenvalue weighted by Gasteiger charge is -2.21. The Hall–Kier alpha value is -1.11. The molecule has 1 aromatic carbocycles. The molecule has 0 amide bonds. The third kappa shape index (κ3) is 8.36. The van der Waals surface area contributed by atoms with Crippen molar-refractivity contribution in [3.8, 4) is 0 Å². The van der Waals surface area contributed by atoms with Gasteiger partial charge in [0.15, 0.2) is 5.96 Å². The number of aliphatic imine (C=N–C) groups is 1. The van der Waals surface area contributed by atoms with Crippen LogP contribution in [-0.4, -0.2) is 37.5 Å². The fraction of sp³-hybridized carbons (Fsp3) is 0.471. The van der Waals surface area contributed by atoms with E-state index in [-0.39, 0.29) is 29.8 Å². The quantitative estimate of drug-likeness (QED) is 0.228. The monoisotopic (exact) mass is 419 g/mol. The van der Waals surface area contributed by atoms with Gasteiger partial charge in [-0.3, -0.25) is 4.99 Å². The van der Waals surface area contributed by atoms with Crippen molar-refractivity contribution in [1.82, 2.24) is 10.2 Å². The molecule has 0 heterocycles. The van der Waals surface area contributed by atoms with E-state index in [0.717, 1.165) is 43.9 Å². The molecule has 124 valence electrons. The lowest BCUT2D eigenvalue weighted by atomic mass is 10.1. The van der Waals surface area contributed by atoms with Crippen LogP contribution in [0.15, 0.2) is 41.9 Å². The average molecular weight is 419 g/mol. The van der Waals surface area contributed by atoms with Crippen molar-refractivity contribution in [2.45, 2.75) is 26.2 Å². The lowest BCUT2D eigenvalue weighted by molar-refractivity contribution is 0.470. The first-order valence-corrected chi connectivity index (χ1v) is 7.52. The van der Waals surface area contributed by atoms with Gasteiger partial charge in [-0.05, 0) is 43.9 Å². The predicted molar refractivity (Wildman–Crippen MR) is 104 cm³/mol. The molecule has 22 heavy (non-hydrogen) atoms. The Balaban J connectivity index is 0.00000441. The molecule has 5 heteroatoms. The molecule has 0 aliphatic heterocycles. The third-order valence-corrected chi connectivity index (χ3v) is 3.15. The zero-order chi connectivity index (χ0) is 15.5. The van der Waals surface area contributed by atoms with Crippen LogP contribution in [0.2, 0.25) is 0 Å². The van der Waals surface area contributed by atoms with Crippen molar-refractivity contribution < 1.29 is 4.39 Å². The Labute approximate surface area is 150 Å². The first kappa shape index (κ1) is 20.9. The van der Waals surface area contributed by atoms with Crippen molar-refractivity contribution >= 4 is 29.9 Å². The minimum absolute atomic E-state index is 0. The molecule has 0 unspecified atom stereocenters. The van der Waals surface area contributed by atoms with E-state index in [2.05, 4.69) is 28.7 Å². The van der Waals surface area contributed by atoms with Crippen LogP contribution in [0.1, 0.15) is 25.3 Å². The van der Waals surface area contributed by atoms with Crippen molar-refractivity contribution in [1.29, 1.82) is 0 Å². The number of rotatable bonds is 8. The summed E-state index contributed by atoms with van der Waals surface area (Å²) in [4.78, 5) is 6.72. The van der Waals surface area contributed by atoms with E-state index < -0.39 is 0 Å². The molecule has 1 rings (SSSR count). The molecule has 0 radical (unpaired) electrons. The van der Waals surface area contributed by atoms with Crippen LogP contribution in [0, 0.1) is 5.82 Å². The molecule has 0 saturated carbocycles. The molecule has 1 N–H and O–H groups in total. The van der Waals surface area contributed by atoms with Crippen LogP contribution in [-0.2, 0) is 6.42 Å². The van der Waals surface area contributed by atoms with Gasteiger partial charge < -0.3 is 10.2 Å². The largest absolute Gasteiger partial charge is 0.357 e.